The third-order valence-electron chi connectivity index (χ3n) is 2.09. The lowest BCUT2D eigenvalue weighted by molar-refractivity contribution is 1.07. The van der Waals surface area contributed by atoms with Crippen LogP contribution in [0.4, 0.5) is 0 Å². The average Bonchev–Trinajstić information content (AvgIpc) is 2.26. The maximum absolute atomic E-state index is 5.61. The van der Waals surface area contributed by atoms with Crippen molar-refractivity contribution in [1.82, 2.24) is 0 Å². The molecule has 0 aliphatic carbocycles. The summed E-state index contributed by atoms with van der Waals surface area (Å²) in [6, 6.07) is 7.94. The second-order valence-corrected chi connectivity index (χ2v) is 3.41. The van der Waals surface area contributed by atoms with Crippen LogP contribution < -0.4 is 17.2 Å². The van der Waals surface area contributed by atoms with Crippen molar-refractivity contribution >= 4 is 5.57 Å². The van der Waals surface area contributed by atoms with Crippen LogP contribution in [0.2, 0.25) is 0 Å². The Hall–Kier alpha value is -1.74. The fourth-order valence-electron chi connectivity index (χ4n) is 1.31. The topological polar surface area (TPSA) is 78.1 Å². The van der Waals surface area contributed by atoms with E-state index in [4.69, 9.17) is 17.2 Å². The van der Waals surface area contributed by atoms with Crippen molar-refractivity contribution in [2.75, 3.05) is 0 Å². The van der Waals surface area contributed by atoms with Crippen LogP contribution in [-0.4, -0.2) is 0 Å². The van der Waals surface area contributed by atoms with Gasteiger partial charge < -0.3 is 17.2 Å². The molecule has 0 heterocycles. The molecular weight excluding hydrogens is 186 g/mol. The molecule has 15 heavy (non-hydrogen) atoms. The van der Waals surface area contributed by atoms with E-state index in [1.54, 1.807) is 6.20 Å². The summed E-state index contributed by atoms with van der Waals surface area (Å²) in [5.41, 5.74) is 20.4. The van der Waals surface area contributed by atoms with Crippen LogP contribution in [0.5, 0.6) is 0 Å². The highest BCUT2D eigenvalue weighted by Gasteiger charge is 1.98. The molecule has 0 aromatic heterocycles. The molecule has 80 valence electrons. The summed E-state index contributed by atoms with van der Waals surface area (Å²) >= 11 is 0. The Bertz CT molecular complexity index is 370. The van der Waals surface area contributed by atoms with Crippen molar-refractivity contribution in [1.29, 1.82) is 0 Å². The van der Waals surface area contributed by atoms with Crippen LogP contribution >= 0.6 is 0 Å². The molecule has 0 aliphatic rings. The van der Waals surface area contributed by atoms with Crippen molar-refractivity contribution in [2.24, 2.45) is 17.2 Å². The normalized spacial score (nSPS) is 12.9. The molecule has 3 nitrogen and oxygen atoms in total. The molecule has 0 unspecified atom stereocenters. The fourth-order valence-corrected chi connectivity index (χ4v) is 1.31. The van der Waals surface area contributed by atoms with E-state index in [0.29, 0.717) is 6.54 Å². The molecule has 0 radical (unpaired) electrons. The molecule has 1 aromatic carbocycles. The second kappa shape index (κ2) is 5.22. The van der Waals surface area contributed by atoms with E-state index in [2.05, 4.69) is 0 Å². The Morgan fingerprint density at radius 1 is 1.27 bits per heavy atom. The van der Waals surface area contributed by atoms with E-state index in [9.17, 15) is 0 Å². The zero-order valence-electron chi connectivity index (χ0n) is 8.90. The molecule has 0 amide bonds. The van der Waals surface area contributed by atoms with Gasteiger partial charge in [0.1, 0.15) is 0 Å². The molecule has 6 N–H and O–H groups in total. The van der Waals surface area contributed by atoms with Crippen molar-refractivity contribution in [3.05, 3.63) is 53.4 Å². The molecule has 0 aliphatic heterocycles. The monoisotopic (exact) mass is 203 g/mol. The maximum atomic E-state index is 5.61. The lowest BCUT2D eigenvalue weighted by Crippen LogP contribution is -1.97. The van der Waals surface area contributed by atoms with Gasteiger partial charge in [0.25, 0.3) is 0 Å². The van der Waals surface area contributed by atoms with Crippen molar-refractivity contribution in [3.63, 3.8) is 0 Å². The third kappa shape index (κ3) is 3.14. The first-order valence-corrected chi connectivity index (χ1v) is 4.82. The lowest BCUT2D eigenvalue weighted by Gasteiger charge is -2.04. The Morgan fingerprint density at radius 2 is 1.87 bits per heavy atom. The molecule has 0 spiro atoms. The van der Waals surface area contributed by atoms with E-state index in [-0.39, 0.29) is 0 Å². The van der Waals surface area contributed by atoms with Crippen molar-refractivity contribution in [2.45, 2.75) is 13.5 Å². The van der Waals surface area contributed by atoms with Gasteiger partial charge in [-0.2, -0.15) is 0 Å². The number of hydrogen-bond donors (Lipinski definition) is 3. The first-order chi connectivity index (χ1) is 7.17. The summed E-state index contributed by atoms with van der Waals surface area (Å²) in [6.45, 7) is 2.38. The molecule has 1 aromatic rings. The lowest BCUT2D eigenvalue weighted by atomic mass is 10.0. The molecular formula is C12H17N3. The van der Waals surface area contributed by atoms with Crippen LogP contribution in [-0.2, 0) is 6.54 Å². The van der Waals surface area contributed by atoms with Gasteiger partial charge in [0.15, 0.2) is 0 Å². The van der Waals surface area contributed by atoms with Crippen LogP contribution in [0.1, 0.15) is 18.1 Å². The third-order valence-corrected chi connectivity index (χ3v) is 2.09. The number of allylic oxidation sites excluding steroid dienone is 3. The number of hydrogen-bond acceptors (Lipinski definition) is 3. The maximum Gasteiger partial charge on any atom is 0.0178 e. The van der Waals surface area contributed by atoms with Crippen molar-refractivity contribution < 1.29 is 0 Å². The van der Waals surface area contributed by atoms with Gasteiger partial charge in [-0.15, -0.1) is 0 Å². The van der Waals surface area contributed by atoms with E-state index in [0.717, 1.165) is 22.4 Å². The zero-order chi connectivity index (χ0) is 11.3. The zero-order valence-corrected chi connectivity index (χ0v) is 8.90. The van der Waals surface area contributed by atoms with Crippen LogP contribution in [0.15, 0.2) is 42.2 Å². The van der Waals surface area contributed by atoms with Crippen LogP contribution in [0, 0.1) is 0 Å². The smallest absolute Gasteiger partial charge is 0.0178 e. The van der Waals surface area contributed by atoms with Crippen molar-refractivity contribution in [3.8, 4) is 0 Å². The highest BCUT2D eigenvalue weighted by atomic mass is 14.6. The van der Waals surface area contributed by atoms with E-state index >= 15 is 0 Å². The summed E-state index contributed by atoms with van der Waals surface area (Å²) in [6.07, 6.45) is 3.39. The summed E-state index contributed by atoms with van der Waals surface area (Å²) in [4.78, 5) is 0. The molecule has 0 saturated carbocycles. The SMILES string of the molecule is C/C(N)=C/C(=C\N)c1ccc(CN)cc1. The predicted molar refractivity (Wildman–Crippen MR) is 64.4 cm³/mol. The molecule has 0 atom stereocenters. The molecule has 0 bridgehead atoms. The van der Waals surface area contributed by atoms with Gasteiger partial charge in [-0.05, 0) is 29.7 Å². The quantitative estimate of drug-likeness (QED) is 0.648. The summed E-state index contributed by atoms with van der Waals surface area (Å²) < 4.78 is 0. The first-order valence-electron chi connectivity index (χ1n) is 4.82. The largest absolute Gasteiger partial charge is 0.404 e. The van der Waals surface area contributed by atoms with E-state index in [1.165, 1.54) is 0 Å². The minimum absolute atomic E-state index is 0.549. The molecule has 3 heteroatoms. The fraction of sp³-hybridized carbons (Fsp3) is 0.167. The van der Waals surface area contributed by atoms with Gasteiger partial charge in [0, 0.05) is 18.4 Å². The van der Waals surface area contributed by atoms with Gasteiger partial charge in [-0.3, -0.25) is 0 Å². The molecule has 0 fully saturated rings. The number of benzene rings is 1. The highest BCUT2D eigenvalue weighted by molar-refractivity contribution is 5.74. The Morgan fingerprint density at radius 3 is 2.27 bits per heavy atom. The van der Waals surface area contributed by atoms with Gasteiger partial charge in [0.05, 0.1) is 0 Å². The number of nitrogens with two attached hydrogens (primary N) is 3. The molecule has 1 rings (SSSR count). The van der Waals surface area contributed by atoms with Gasteiger partial charge >= 0.3 is 0 Å². The van der Waals surface area contributed by atoms with E-state index in [1.807, 2.05) is 37.3 Å². The second-order valence-electron chi connectivity index (χ2n) is 3.41. The Kier molecular flexibility index (Phi) is 3.94. The summed E-state index contributed by atoms with van der Waals surface area (Å²) in [5, 5.41) is 0. The van der Waals surface area contributed by atoms with Gasteiger partial charge in [0.2, 0.25) is 0 Å². The Balaban J connectivity index is 2.99. The summed E-state index contributed by atoms with van der Waals surface area (Å²) in [7, 11) is 0. The summed E-state index contributed by atoms with van der Waals surface area (Å²) in [5.74, 6) is 0. The standard InChI is InChI=1S/C12H17N3/c1-9(15)6-12(8-14)11-4-2-10(7-13)3-5-11/h2-6,8H,7,13-15H2,1H3/b9-6-,12-8+. The predicted octanol–water partition coefficient (Wildman–Crippen LogP) is 1.31. The van der Waals surface area contributed by atoms with Crippen LogP contribution in [0.3, 0.4) is 0 Å². The Labute approximate surface area is 90.3 Å². The van der Waals surface area contributed by atoms with Gasteiger partial charge in [-0.1, -0.05) is 24.3 Å². The highest BCUT2D eigenvalue weighted by Crippen LogP contribution is 2.16. The van der Waals surface area contributed by atoms with Crippen LogP contribution in [0.25, 0.3) is 5.57 Å². The minimum atomic E-state index is 0.549. The average molecular weight is 203 g/mol. The van der Waals surface area contributed by atoms with Gasteiger partial charge in [-0.25, -0.2) is 0 Å². The van der Waals surface area contributed by atoms with E-state index < -0.39 is 0 Å². The number of rotatable bonds is 3. The first kappa shape index (κ1) is 11.3. The minimum Gasteiger partial charge on any atom is -0.404 e. The molecule has 0 saturated heterocycles.